The molecule has 0 radical (unpaired) electrons. The van der Waals surface area contributed by atoms with Crippen LogP contribution in [0.25, 0.3) is 0 Å². The second-order valence-electron chi connectivity index (χ2n) is 4.60. The van der Waals surface area contributed by atoms with Crippen molar-refractivity contribution in [3.8, 4) is 5.88 Å². The molecule has 0 aliphatic heterocycles. The van der Waals surface area contributed by atoms with E-state index in [0.717, 1.165) is 18.5 Å². The van der Waals surface area contributed by atoms with E-state index in [1.165, 1.54) is 0 Å². The quantitative estimate of drug-likeness (QED) is 0.736. The Morgan fingerprint density at radius 2 is 2.10 bits per heavy atom. The Balaban J connectivity index is 2.77. The molecule has 6 heteroatoms. The SMILES string of the molecule is CCCc1cc(OC(C)C)nc(NCC(=O)OCC)n1. The van der Waals surface area contributed by atoms with Gasteiger partial charge in [0.2, 0.25) is 11.8 Å². The third kappa shape index (κ3) is 5.86. The molecule has 1 heterocycles. The summed E-state index contributed by atoms with van der Waals surface area (Å²) >= 11 is 0. The molecule has 0 aliphatic rings. The first-order chi connectivity index (χ1) is 9.55. The topological polar surface area (TPSA) is 73.3 Å². The maximum atomic E-state index is 11.3. The average Bonchev–Trinajstić information content (AvgIpc) is 2.36. The minimum Gasteiger partial charge on any atom is -0.475 e. The van der Waals surface area contributed by atoms with E-state index in [-0.39, 0.29) is 18.6 Å². The largest absolute Gasteiger partial charge is 0.475 e. The Morgan fingerprint density at radius 3 is 2.70 bits per heavy atom. The minimum absolute atomic E-state index is 0.0392. The third-order valence-corrected chi connectivity index (χ3v) is 2.31. The number of aryl methyl sites for hydroxylation is 1. The molecule has 0 unspecified atom stereocenters. The summed E-state index contributed by atoms with van der Waals surface area (Å²) in [6, 6.07) is 1.83. The van der Waals surface area contributed by atoms with Crippen LogP contribution >= 0.6 is 0 Å². The van der Waals surface area contributed by atoms with Crippen LogP contribution in [0.1, 0.15) is 39.8 Å². The van der Waals surface area contributed by atoms with Crippen LogP contribution in [0.2, 0.25) is 0 Å². The zero-order valence-electron chi connectivity index (χ0n) is 12.6. The lowest BCUT2D eigenvalue weighted by Gasteiger charge is -2.12. The Bertz CT molecular complexity index is 436. The van der Waals surface area contributed by atoms with E-state index in [2.05, 4.69) is 22.2 Å². The van der Waals surface area contributed by atoms with Crippen molar-refractivity contribution in [3.63, 3.8) is 0 Å². The molecule has 0 bridgehead atoms. The van der Waals surface area contributed by atoms with Gasteiger partial charge in [-0.1, -0.05) is 13.3 Å². The second kappa shape index (κ2) is 8.35. The number of rotatable bonds is 8. The number of aromatic nitrogens is 2. The number of carbonyl (C=O) groups excluding carboxylic acids is 1. The molecule has 1 rings (SSSR count). The van der Waals surface area contributed by atoms with Crippen LogP contribution in [0.4, 0.5) is 5.95 Å². The number of carbonyl (C=O) groups is 1. The van der Waals surface area contributed by atoms with Crippen LogP contribution in [0.3, 0.4) is 0 Å². The van der Waals surface area contributed by atoms with E-state index in [4.69, 9.17) is 9.47 Å². The summed E-state index contributed by atoms with van der Waals surface area (Å²) in [5, 5.41) is 2.86. The Kier molecular flexibility index (Phi) is 6.76. The fraction of sp³-hybridized carbons (Fsp3) is 0.643. The Morgan fingerprint density at radius 1 is 1.35 bits per heavy atom. The molecular weight excluding hydrogens is 258 g/mol. The third-order valence-electron chi connectivity index (χ3n) is 2.31. The van der Waals surface area contributed by atoms with Gasteiger partial charge in [0, 0.05) is 11.8 Å². The smallest absolute Gasteiger partial charge is 0.325 e. The van der Waals surface area contributed by atoms with Gasteiger partial charge in [-0.25, -0.2) is 4.98 Å². The molecule has 0 atom stereocenters. The summed E-state index contributed by atoms with van der Waals surface area (Å²) < 4.78 is 10.4. The fourth-order valence-electron chi connectivity index (χ4n) is 1.60. The molecule has 0 aliphatic carbocycles. The summed E-state index contributed by atoms with van der Waals surface area (Å²) in [5.74, 6) is 0.577. The molecule has 0 spiro atoms. The minimum atomic E-state index is -0.330. The number of ether oxygens (including phenoxy) is 2. The van der Waals surface area contributed by atoms with Crippen LogP contribution in [0.15, 0.2) is 6.07 Å². The van der Waals surface area contributed by atoms with Crippen LogP contribution in [0, 0.1) is 0 Å². The number of esters is 1. The molecule has 1 aromatic heterocycles. The maximum Gasteiger partial charge on any atom is 0.325 e. The molecule has 0 aromatic carbocycles. The van der Waals surface area contributed by atoms with Crippen molar-refractivity contribution in [2.24, 2.45) is 0 Å². The van der Waals surface area contributed by atoms with Crippen LogP contribution in [-0.2, 0) is 16.0 Å². The molecule has 20 heavy (non-hydrogen) atoms. The highest BCUT2D eigenvalue weighted by atomic mass is 16.5. The maximum absolute atomic E-state index is 11.3. The first-order valence-electron chi connectivity index (χ1n) is 6.99. The summed E-state index contributed by atoms with van der Waals surface area (Å²) in [7, 11) is 0. The van der Waals surface area contributed by atoms with Crippen molar-refractivity contribution >= 4 is 11.9 Å². The molecule has 1 N–H and O–H groups in total. The normalized spacial score (nSPS) is 10.4. The number of nitrogens with one attached hydrogen (secondary N) is 1. The molecule has 0 fully saturated rings. The van der Waals surface area contributed by atoms with Gasteiger partial charge in [-0.05, 0) is 27.2 Å². The highest BCUT2D eigenvalue weighted by molar-refractivity contribution is 5.74. The van der Waals surface area contributed by atoms with Gasteiger partial charge in [-0.2, -0.15) is 4.98 Å². The van der Waals surface area contributed by atoms with Gasteiger partial charge in [0.25, 0.3) is 0 Å². The summed E-state index contributed by atoms with van der Waals surface area (Å²) in [6.45, 7) is 8.13. The molecule has 6 nitrogen and oxygen atoms in total. The number of anilines is 1. The van der Waals surface area contributed by atoms with Crippen molar-refractivity contribution in [1.82, 2.24) is 9.97 Å². The van der Waals surface area contributed by atoms with Gasteiger partial charge in [-0.15, -0.1) is 0 Å². The van der Waals surface area contributed by atoms with Crippen molar-refractivity contribution in [2.75, 3.05) is 18.5 Å². The van der Waals surface area contributed by atoms with Crippen molar-refractivity contribution in [1.29, 1.82) is 0 Å². The number of nitrogens with zero attached hydrogens (tertiary/aromatic N) is 2. The molecule has 0 saturated heterocycles. The molecule has 1 aromatic rings. The summed E-state index contributed by atoms with van der Waals surface area (Å²) in [6.07, 6.45) is 1.86. The molecule has 0 saturated carbocycles. The Hall–Kier alpha value is -1.85. The van der Waals surface area contributed by atoms with Gasteiger partial charge < -0.3 is 14.8 Å². The van der Waals surface area contributed by atoms with Gasteiger partial charge >= 0.3 is 5.97 Å². The number of hydrogen-bond acceptors (Lipinski definition) is 6. The van der Waals surface area contributed by atoms with Gasteiger partial charge in [-0.3, -0.25) is 4.79 Å². The first kappa shape index (κ1) is 16.2. The van der Waals surface area contributed by atoms with Crippen molar-refractivity contribution < 1.29 is 14.3 Å². The zero-order valence-corrected chi connectivity index (χ0v) is 12.6. The van der Waals surface area contributed by atoms with Crippen LogP contribution < -0.4 is 10.1 Å². The lowest BCUT2D eigenvalue weighted by Crippen LogP contribution is -2.19. The van der Waals surface area contributed by atoms with Crippen molar-refractivity contribution in [2.45, 2.75) is 46.6 Å². The first-order valence-corrected chi connectivity index (χ1v) is 6.99. The monoisotopic (exact) mass is 281 g/mol. The van der Waals surface area contributed by atoms with E-state index >= 15 is 0 Å². The van der Waals surface area contributed by atoms with E-state index in [0.29, 0.717) is 18.4 Å². The second-order valence-corrected chi connectivity index (χ2v) is 4.60. The zero-order chi connectivity index (χ0) is 15.0. The number of hydrogen-bond donors (Lipinski definition) is 1. The predicted octanol–water partition coefficient (Wildman–Crippen LogP) is 2.19. The predicted molar refractivity (Wildman–Crippen MR) is 76.9 cm³/mol. The van der Waals surface area contributed by atoms with E-state index in [1.54, 1.807) is 6.92 Å². The lowest BCUT2D eigenvalue weighted by atomic mass is 10.2. The van der Waals surface area contributed by atoms with Gasteiger partial charge in [0.05, 0.1) is 12.7 Å². The summed E-state index contributed by atoms with van der Waals surface area (Å²) in [4.78, 5) is 19.9. The van der Waals surface area contributed by atoms with E-state index in [1.807, 2.05) is 19.9 Å². The van der Waals surface area contributed by atoms with E-state index in [9.17, 15) is 4.79 Å². The fourth-order valence-corrected chi connectivity index (χ4v) is 1.60. The van der Waals surface area contributed by atoms with Crippen molar-refractivity contribution in [3.05, 3.63) is 11.8 Å². The van der Waals surface area contributed by atoms with Gasteiger partial charge in [0.15, 0.2) is 0 Å². The van der Waals surface area contributed by atoms with Gasteiger partial charge in [0.1, 0.15) is 6.54 Å². The van der Waals surface area contributed by atoms with Crippen LogP contribution in [0.5, 0.6) is 5.88 Å². The van der Waals surface area contributed by atoms with E-state index < -0.39 is 0 Å². The summed E-state index contributed by atoms with van der Waals surface area (Å²) in [5.41, 5.74) is 0.893. The highest BCUT2D eigenvalue weighted by Gasteiger charge is 2.08. The molecular formula is C14H23N3O3. The average molecular weight is 281 g/mol. The lowest BCUT2D eigenvalue weighted by molar-refractivity contribution is -0.140. The molecule has 112 valence electrons. The van der Waals surface area contributed by atoms with Crippen LogP contribution in [-0.4, -0.2) is 35.2 Å². The molecule has 0 amide bonds. The highest BCUT2D eigenvalue weighted by Crippen LogP contribution is 2.15. The Labute approximate surface area is 119 Å². The standard InChI is InChI=1S/C14H23N3O3/c1-5-7-11-8-12(20-10(3)4)17-14(16-11)15-9-13(18)19-6-2/h8,10H,5-7,9H2,1-4H3,(H,15,16,17).